The molecule has 1 N–H and O–H groups in total. The molecule has 0 bridgehead atoms. The van der Waals surface area contributed by atoms with E-state index in [4.69, 9.17) is 9.47 Å². The number of methoxy groups -OCH3 is 1. The molecule has 0 aliphatic rings. The number of thiazole rings is 1. The first kappa shape index (κ1) is 19.6. The van der Waals surface area contributed by atoms with Crippen LogP contribution in [0.5, 0.6) is 5.75 Å². The second-order valence-electron chi connectivity index (χ2n) is 6.14. The number of carbonyl (C=O) groups is 2. The van der Waals surface area contributed by atoms with Gasteiger partial charge in [0.1, 0.15) is 5.75 Å². The van der Waals surface area contributed by atoms with Crippen molar-refractivity contribution < 1.29 is 19.1 Å². The zero-order valence-corrected chi connectivity index (χ0v) is 16.6. The number of amides is 1. The maximum absolute atomic E-state index is 12.2. The molecule has 0 aliphatic carbocycles. The largest absolute Gasteiger partial charge is 0.496 e. The molecule has 2 aromatic carbocycles. The monoisotopic (exact) mass is 396 g/mol. The molecule has 0 unspecified atom stereocenters. The summed E-state index contributed by atoms with van der Waals surface area (Å²) in [6, 6.07) is 12.4. The maximum atomic E-state index is 12.2. The Morgan fingerprint density at radius 1 is 1.14 bits per heavy atom. The number of hydrogen-bond donors (Lipinski definition) is 1. The van der Waals surface area contributed by atoms with Gasteiger partial charge in [-0.25, -0.2) is 9.78 Å². The maximum Gasteiger partial charge on any atom is 0.338 e. The van der Waals surface area contributed by atoms with Crippen LogP contribution in [-0.2, 0) is 9.53 Å². The highest BCUT2D eigenvalue weighted by Gasteiger charge is 2.13. The zero-order valence-electron chi connectivity index (χ0n) is 15.8. The van der Waals surface area contributed by atoms with Crippen molar-refractivity contribution in [3.63, 3.8) is 0 Å². The lowest BCUT2D eigenvalue weighted by atomic mass is 10.1. The molecule has 28 heavy (non-hydrogen) atoms. The first-order valence-corrected chi connectivity index (χ1v) is 9.48. The molecule has 3 aromatic rings. The molecule has 3 rings (SSSR count). The summed E-state index contributed by atoms with van der Waals surface area (Å²) in [6.07, 6.45) is 0. The SMILES string of the molecule is COc1cc(C(=O)OCC(=O)Nc2cccc(-c3csc(C)n3)c2)ccc1C. The fraction of sp³-hybridized carbons (Fsp3) is 0.190. The number of ether oxygens (including phenoxy) is 2. The minimum Gasteiger partial charge on any atom is -0.496 e. The van der Waals surface area contributed by atoms with Gasteiger partial charge in [-0.2, -0.15) is 0 Å². The Bertz CT molecular complexity index is 1010. The Labute approximate surface area is 167 Å². The summed E-state index contributed by atoms with van der Waals surface area (Å²) in [6.45, 7) is 3.44. The summed E-state index contributed by atoms with van der Waals surface area (Å²) in [5.41, 5.74) is 3.62. The van der Waals surface area contributed by atoms with Gasteiger partial charge in [-0.3, -0.25) is 4.79 Å². The molecule has 7 heteroatoms. The summed E-state index contributed by atoms with van der Waals surface area (Å²) >= 11 is 1.57. The summed E-state index contributed by atoms with van der Waals surface area (Å²) < 4.78 is 10.3. The third-order valence-electron chi connectivity index (χ3n) is 4.04. The van der Waals surface area contributed by atoms with Crippen LogP contribution in [0.3, 0.4) is 0 Å². The van der Waals surface area contributed by atoms with E-state index in [2.05, 4.69) is 10.3 Å². The van der Waals surface area contributed by atoms with E-state index in [9.17, 15) is 9.59 Å². The smallest absolute Gasteiger partial charge is 0.338 e. The molecule has 6 nitrogen and oxygen atoms in total. The fourth-order valence-corrected chi connectivity index (χ4v) is 3.23. The van der Waals surface area contributed by atoms with Gasteiger partial charge >= 0.3 is 5.97 Å². The van der Waals surface area contributed by atoms with Crippen LogP contribution in [0.1, 0.15) is 20.9 Å². The Kier molecular flexibility index (Phi) is 6.06. The van der Waals surface area contributed by atoms with Crippen molar-refractivity contribution in [2.45, 2.75) is 13.8 Å². The third kappa shape index (κ3) is 4.75. The molecule has 1 aromatic heterocycles. The van der Waals surface area contributed by atoms with Gasteiger partial charge < -0.3 is 14.8 Å². The van der Waals surface area contributed by atoms with Crippen LogP contribution in [0.25, 0.3) is 11.3 Å². The van der Waals surface area contributed by atoms with Gasteiger partial charge in [-0.1, -0.05) is 18.2 Å². The molecular formula is C21H20N2O4S. The summed E-state index contributed by atoms with van der Waals surface area (Å²) in [5.74, 6) is -0.410. The van der Waals surface area contributed by atoms with E-state index in [1.165, 1.54) is 7.11 Å². The van der Waals surface area contributed by atoms with Crippen LogP contribution >= 0.6 is 11.3 Å². The van der Waals surface area contributed by atoms with Crippen LogP contribution < -0.4 is 10.1 Å². The predicted octanol–water partition coefficient (Wildman–Crippen LogP) is 4.23. The number of carbonyl (C=O) groups excluding carboxylic acids is 2. The minimum atomic E-state index is -0.583. The molecule has 0 radical (unpaired) electrons. The molecule has 0 spiro atoms. The number of nitrogens with one attached hydrogen (secondary N) is 1. The van der Waals surface area contributed by atoms with E-state index in [0.29, 0.717) is 17.0 Å². The second kappa shape index (κ2) is 8.67. The minimum absolute atomic E-state index is 0.330. The Hall–Kier alpha value is -3.19. The van der Waals surface area contributed by atoms with Crippen molar-refractivity contribution in [2.75, 3.05) is 19.0 Å². The lowest BCUT2D eigenvalue weighted by molar-refractivity contribution is -0.119. The molecule has 1 heterocycles. The number of rotatable bonds is 6. The Balaban J connectivity index is 1.59. The first-order valence-electron chi connectivity index (χ1n) is 8.60. The summed E-state index contributed by atoms with van der Waals surface area (Å²) in [4.78, 5) is 28.7. The number of esters is 1. The number of aromatic nitrogens is 1. The standard InChI is InChI=1S/C21H20N2O4S/c1-13-7-8-16(10-19(13)26-3)21(25)27-11-20(24)23-17-6-4-5-15(9-17)18-12-28-14(2)22-18/h4-10,12H,11H2,1-3H3,(H,23,24). The second-order valence-corrected chi connectivity index (χ2v) is 7.20. The molecule has 0 atom stereocenters. The lowest BCUT2D eigenvalue weighted by Crippen LogP contribution is -2.21. The van der Waals surface area contributed by atoms with Crippen molar-refractivity contribution in [3.8, 4) is 17.0 Å². The lowest BCUT2D eigenvalue weighted by Gasteiger charge is -2.09. The third-order valence-corrected chi connectivity index (χ3v) is 4.81. The topological polar surface area (TPSA) is 77.5 Å². The van der Waals surface area contributed by atoms with Gasteiger partial charge in [0.15, 0.2) is 6.61 Å². The molecule has 0 saturated carbocycles. The average molecular weight is 396 g/mol. The van der Waals surface area contributed by atoms with Crippen LogP contribution in [0.2, 0.25) is 0 Å². The molecule has 0 aliphatic heterocycles. The van der Waals surface area contributed by atoms with Crippen molar-refractivity contribution in [2.24, 2.45) is 0 Å². The number of nitrogens with zero attached hydrogens (tertiary/aromatic N) is 1. The van der Waals surface area contributed by atoms with Gasteiger partial charge in [0.05, 0.1) is 23.4 Å². The van der Waals surface area contributed by atoms with E-state index in [1.807, 2.05) is 37.4 Å². The number of anilines is 1. The number of hydrogen-bond acceptors (Lipinski definition) is 6. The average Bonchev–Trinajstić information content (AvgIpc) is 3.13. The van der Waals surface area contributed by atoms with Gasteiger partial charge in [-0.05, 0) is 43.7 Å². The quantitative estimate of drug-likeness (QED) is 0.631. The molecule has 0 fully saturated rings. The summed E-state index contributed by atoms with van der Waals surface area (Å²) in [7, 11) is 1.53. The zero-order chi connectivity index (χ0) is 20.1. The molecule has 1 amide bonds. The highest BCUT2D eigenvalue weighted by atomic mass is 32.1. The highest BCUT2D eigenvalue weighted by molar-refractivity contribution is 7.09. The Morgan fingerprint density at radius 3 is 2.68 bits per heavy atom. The highest BCUT2D eigenvalue weighted by Crippen LogP contribution is 2.24. The van der Waals surface area contributed by atoms with Gasteiger partial charge in [0.25, 0.3) is 5.91 Å². The summed E-state index contributed by atoms with van der Waals surface area (Å²) in [5, 5.41) is 5.67. The van der Waals surface area contributed by atoms with E-state index in [1.54, 1.807) is 35.6 Å². The Morgan fingerprint density at radius 2 is 1.96 bits per heavy atom. The van der Waals surface area contributed by atoms with Crippen molar-refractivity contribution in [1.29, 1.82) is 0 Å². The number of aryl methyl sites for hydroxylation is 2. The van der Waals surface area contributed by atoms with E-state index in [-0.39, 0.29) is 6.61 Å². The van der Waals surface area contributed by atoms with E-state index >= 15 is 0 Å². The molecule has 0 saturated heterocycles. The van der Waals surface area contributed by atoms with Crippen LogP contribution in [-0.4, -0.2) is 30.6 Å². The normalized spacial score (nSPS) is 10.4. The van der Waals surface area contributed by atoms with E-state index in [0.717, 1.165) is 21.8 Å². The van der Waals surface area contributed by atoms with Crippen molar-refractivity contribution in [3.05, 3.63) is 64.0 Å². The van der Waals surface area contributed by atoms with Crippen LogP contribution in [0.15, 0.2) is 47.8 Å². The predicted molar refractivity (Wildman–Crippen MR) is 109 cm³/mol. The van der Waals surface area contributed by atoms with Gasteiger partial charge in [0.2, 0.25) is 0 Å². The first-order chi connectivity index (χ1) is 13.5. The van der Waals surface area contributed by atoms with Crippen molar-refractivity contribution in [1.82, 2.24) is 4.98 Å². The number of benzene rings is 2. The molecular weight excluding hydrogens is 376 g/mol. The van der Waals surface area contributed by atoms with Gasteiger partial charge in [0, 0.05) is 16.6 Å². The van der Waals surface area contributed by atoms with E-state index < -0.39 is 11.9 Å². The van der Waals surface area contributed by atoms with Gasteiger partial charge in [-0.15, -0.1) is 11.3 Å². The molecule has 144 valence electrons. The van der Waals surface area contributed by atoms with Crippen molar-refractivity contribution >= 4 is 28.9 Å². The van der Waals surface area contributed by atoms with Crippen LogP contribution in [0, 0.1) is 13.8 Å². The fourth-order valence-electron chi connectivity index (χ4n) is 2.61. The van der Waals surface area contributed by atoms with Crippen LogP contribution in [0.4, 0.5) is 5.69 Å².